The van der Waals surface area contributed by atoms with Crippen LogP contribution < -0.4 is 21.3 Å². The van der Waals surface area contributed by atoms with Crippen molar-refractivity contribution in [2.75, 3.05) is 17.7 Å². The molecule has 8 heteroatoms. The van der Waals surface area contributed by atoms with Crippen molar-refractivity contribution in [3.05, 3.63) is 59.1 Å². The molecular weight excluding hydrogens is 368 g/mol. The predicted molar refractivity (Wildman–Crippen MR) is 106 cm³/mol. The van der Waals surface area contributed by atoms with Crippen LogP contribution in [0, 0.1) is 0 Å². The van der Waals surface area contributed by atoms with E-state index in [-0.39, 0.29) is 24.3 Å². The van der Waals surface area contributed by atoms with Crippen molar-refractivity contribution in [1.29, 1.82) is 0 Å². The van der Waals surface area contributed by atoms with E-state index in [9.17, 15) is 14.4 Å². The molecule has 0 spiro atoms. The summed E-state index contributed by atoms with van der Waals surface area (Å²) in [5, 5.41) is 11.2. The van der Waals surface area contributed by atoms with E-state index in [0.717, 1.165) is 5.56 Å². The first-order valence-electron chi connectivity index (χ1n) is 8.28. The van der Waals surface area contributed by atoms with Gasteiger partial charge in [-0.25, -0.2) is 4.79 Å². The Hall–Kier alpha value is -3.06. The maximum absolute atomic E-state index is 12.4. The molecule has 2 aromatic rings. The summed E-state index contributed by atoms with van der Waals surface area (Å²) in [6.07, 6.45) is 0.0689. The van der Waals surface area contributed by atoms with Gasteiger partial charge in [-0.3, -0.25) is 9.59 Å². The molecule has 0 aromatic heterocycles. The van der Waals surface area contributed by atoms with Gasteiger partial charge in [-0.1, -0.05) is 23.7 Å². The fraction of sp³-hybridized carbons (Fsp3) is 0.211. The summed E-state index contributed by atoms with van der Waals surface area (Å²) in [7, 11) is 1.52. The highest BCUT2D eigenvalue weighted by atomic mass is 35.5. The van der Waals surface area contributed by atoms with Crippen LogP contribution in [0.4, 0.5) is 16.2 Å². The van der Waals surface area contributed by atoms with Crippen molar-refractivity contribution in [2.24, 2.45) is 0 Å². The summed E-state index contributed by atoms with van der Waals surface area (Å²) in [5.41, 5.74) is 1.97. The van der Waals surface area contributed by atoms with Crippen LogP contribution in [0.3, 0.4) is 0 Å². The third-order valence-corrected chi connectivity index (χ3v) is 3.94. The lowest BCUT2D eigenvalue weighted by molar-refractivity contribution is -0.120. The average Bonchev–Trinajstić information content (AvgIpc) is 2.63. The summed E-state index contributed by atoms with van der Waals surface area (Å²) in [5.74, 6) is -0.483. The molecule has 142 valence electrons. The number of carbonyl (C=O) groups excluding carboxylic acids is 3. The second-order valence-corrected chi connectivity index (χ2v) is 6.27. The normalized spacial score (nSPS) is 11.2. The van der Waals surface area contributed by atoms with E-state index >= 15 is 0 Å². The minimum Gasteiger partial charge on any atom is -0.349 e. The number of anilines is 2. The van der Waals surface area contributed by atoms with Gasteiger partial charge in [-0.2, -0.15) is 0 Å². The lowest BCUT2D eigenvalue weighted by Crippen LogP contribution is -2.29. The van der Waals surface area contributed by atoms with Gasteiger partial charge >= 0.3 is 6.03 Å². The number of hydrogen-bond donors (Lipinski definition) is 4. The first kappa shape index (κ1) is 20.3. The van der Waals surface area contributed by atoms with Crippen LogP contribution in [0.2, 0.25) is 5.02 Å². The van der Waals surface area contributed by atoms with E-state index in [4.69, 9.17) is 11.6 Å². The number of rotatable bonds is 6. The number of nitrogens with one attached hydrogen (secondary N) is 4. The van der Waals surface area contributed by atoms with Gasteiger partial charge in [0.25, 0.3) is 0 Å². The third-order valence-electron chi connectivity index (χ3n) is 3.69. The van der Waals surface area contributed by atoms with Crippen LogP contribution in [0.15, 0.2) is 48.5 Å². The summed E-state index contributed by atoms with van der Waals surface area (Å²) >= 11 is 5.89. The number of carbonyl (C=O) groups is 3. The van der Waals surface area contributed by atoms with Crippen molar-refractivity contribution in [1.82, 2.24) is 10.6 Å². The molecule has 0 saturated carbocycles. The van der Waals surface area contributed by atoms with Gasteiger partial charge in [-0.15, -0.1) is 0 Å². The number of urea groups is 1. The standard InChI is InChI=1S/C19H21ClN4O3/c1-12(25)22-17(13-3-5-14(20)6-4-13)11-18(26)23-15-7-9-16(10-8-15)24-19(27)21-2/h3-10,17H,11H2,1-2H3,(H,22,25)(H,23,26)(H2,21,24,27). The lowest BCUT2D eigenvalue weighted by Gasteiger charge is -2.18. The van der Waals surface area contributed by atoms with Crippen molar-refractivity contribution in [3.63, 3.8) is 0 Å². The Labute approximate surface area is 162 Å². The number of amides is 4. The molecule has 2 aromatic carbocycles. The molecule has 4 N–H and O–H groups in total. The van der Waals surface area contributed by atoms with Crippen molar-refractivity contribution >= 4 is 40.8 Å². The van der Waals surface area contributed by atoms with E-state index < -0.39 is 6.04 Å². The first-order chi connectivity index (χ1) is 12.9. The Bertz CT molecular complexity index is 807. The van der Waals surface area contributed by atoms with E-state index in [1.165, 1.54) is 14.0 Å². The largest absolute Gasteiger partial charge is 0.349 e. The minimum atomic E-state index is -0.464. The van der Waals surface area contributed by atoms with Gasteiger partial charge in [0, 0.05) is 30.4 Å². The molecule has 27 heavy (non-hydrogen) atoms. The Balaban J connectivity index is 2.01. The maximum Gasteiger partial charge on any atom is 0.318 e. The van der Waals surface area contributed by atoms with E-state index in [0.29, 0.717) is 16.4 Å². The first-order valence-corrected chi connectivity index (χ1v) is 8.66. The molecule has 1 atom stereocenters. The average molecular weight is 389 g/mol. The number of hydrogen-bond acceptors (Lipinski definition) is 3. The summed E-state index contributed by atoms with van der Waals surface area (Å²) < 4.78 is 0. The van der Waals surface area contributed by atoms with Crippen LogP contribution in [0.25, 0.3) is 0 Å². The highest BCUT2D eigenvalue weighted by molar-refractivity contribution is 6.30. The SMILES string of the molecule is CNC(=O)Nc1ccc(NC(=O)CC(NC(C)=O)c2ccc(Cl)cc2)cc1. The quantitative estimate of drug-likeness (QED) is 0.611. The van der Waals surface area contributed by atoms with Crippen molar-refractivity contribution in [3.8, 4) is 0 Å². The second-order valence-electron chi connectivity index (χ2n) is 5.84. The van der Waals surface area contributed by atoms with Crippen LogP contribution >= 0.6 is 11.6 Å². The fourth-order valence-electron chi connectivity index (χ4n) is 2.42. The minimum absolute atomic E-state index is 0.0689. The Kier molecular flexibility index (Phi) is 7.19. The van der Waals surface area contributed by atoms with Gasteiger partial charge in [0.1, 0.15) is 0 Å². The lowest BCUT2D eigenvalue weighted by atomic mass is 10.0. The summed E-state index contributed by atoms with van der Waals surface area (Å²) in [4.78, 5) is 35.1. The highest BCUT2D eigenvalue weighted by Crippen LogP contribution is 2.21. The van der Waals surface area contributed by atoms with Gasteiger partial charge in [0.15, 0.2) is 0 Å². The second kappa shape index (κ2) is 9.59. The monoisotopic (exact) mass is 388 g/mol. The van der Waals surface area contributed by atoms with Gasteiger partial charge < -0.3 is 21.3 Å². The van der Waals surface area contributed by atoms with Crippen molar-refractivity contribution in [2.45, 2.75) is 19.4 Å². The molecule has 0 aliphatic carbocycles. The van der Waals surface area contributed by atoms with E-state index in [1.54, 1.807) is 48.5 Å². The molecule has 0 radical (unpaired) electrons. The van der Waals surface area contributed by atoms with Gasteiger partial charge in [0.2, 0.25) is 11.8 Å². The molecule has 2 rings (SSSR count). The Morgan fingerprint density at radius 1 is 0.926 bits per heavy atom. The third kappa shape index (κ3) is 6.63. The predicted octanol–water partition coefficient (Wildman–Crippen LogP) is 3.30. The zero-order valence-corrected chi connectivity index (χ0v) is 15.8. The topological polar surface area (TPSA) is 99.3 Å². The molecule has 0 aliphatic heterocycles. The molecule has 0 fully saturated rings. The number of benzene rings is 2. The van der Waals surface area contributed by atoms with Crippen LogP contribution in [-0.4, -0.2) is 24.9 Å². The highest BCUT2D eigenvalue weighted by Gasteiger charge is 2.17. The smallest absolute Gasteiger partial charge is 0.318 e. The summed E-state index contributed by atoms with van der Waals surface area (Å²) in [6, 6.07) is 12.9. The molecular formula is C19H21ClN4O3. The fourth-order valence-corrected chi connectivity index (χ4v) is 2.55. The van der Waals surface area contributed by atoms with Gasteiger partial charge in [0.05, 0.1) is 12.5 Å². The van der Waals surface area contributed by atoms with Crippen LogP contribution in [0.1, 0.15) is 24.9 Å². The molecule has 0 saturated heterocycles. The van der Waals surface area contributed by atoms with Crippen molar-refractivity contribution < 1.29 is 14.4 Å². The molecule has 0 heterocycles. The molecule has 1 unspecified atom stereocenters. The Morgan fingerprint density at radius 2 is 1.48 bits per heavy atom. The maximum atomic E-state index is 12.4. The summed E-state index contributed by atoms with van der Waals surface area (Å²) in [6.45, 7) is 1.40. The molecule has 4 amide bonds. The zero-order valence-electron chi connectivity index (χ0n) is 15.0. The molecule has 0 bridgehead atoms. The van der Waals surface area contributed by atoms with Gasteiger partial charge in [-0.05, 0) is 42.0 Å². The Morgan fingerprint density at radius 3 is 2.00 bits per heavy atom. The number of halogens is 1. The van der Waals surface area contributed by atoms with Crippen LogP contribution in [-0.2, 0) is 9.59 Å². The molecule has 0 aliphatic rings. The zero-order chi connectivity index (χ0) is 19.8. The molecule has 7 nitrogen and oxygen atoms in total. The van der Waals surface area contributed by atoms with E-state index in [1.807, 2.05) is 0 Å². The van der Waals surface area contributed by atoms with Crippen LogP contribution in [0.5, 0.6) is 0 Å². The van der Waals surface area contributed by atoms with E-state index in [2.05, 4.69) is 21.3 Å².